The third-order valence-electron chi connectivity index (χ3n) is 4.16. The number of amides is 1. The average molecular weight is 345 g/mol. The third kappa shape index (κ3) is 2.99. The van der Waals surface area contributed by atoms with Crippen molar-refractivity contribution in [1.29, 1.82) is 0 Å². The number of anilines is 1. The van der Waals surface area contributed by atoms with Gasteiger partial charge in [0, 0.05) is 26.3 Å². The van der Waals surface area contributed by atoms with Crippen molar-refractivity contribution in [3.8, 4) is 0 Å². The summed E-state index contributed by atoms with van der Waals surface area (Å²) in [5, 5.41) is 0. The second-order valence-corrected chi connectivity index (χ2v) is 7.62. The van der Waals surface area contributed by atoms with E-state index < -0.39 is 10.0 Å². The van der Waals surface area contributed by atoms with Crippen LogP contribution in [0, 0.1) is 0 Å². The largest absolute Gasteiger partial charge is 0.339 e. The molecule has 0 N–H and O–H groups in total. The van der Waals surface area contributed by atoms with Crippen LogP contribution in [0.1, 0.15) is 23.2 Å². The van der Waals surface area contributed by atoms with Gasteiger partial charge in [0.2, 0.25) is 0 Å². The zero-order chi connectivity index (χ0) is 17.2. The minimum atomic E-state index is -3.85. The maximum Gasteiger partial charge on any atom is 0.264 e. The van der Waals surface area contributed by atoms with Gasteiger partial charge in [-0.1, -0.05) is 12.1 Å². The number of aromatic nitrogens is 1. The number of nitrogens with zero attached hydrogens (tertiary/aromatic N) is 3. The summed E-state index contributed by atoms with van der Waals surface area (Å²) in [4.78, 5) is 18.4. The van der Waals surface area contributed by atoms with Gasteiger partial charge in [-0.2, -0.15) is 0 Å². The van der Waals surface area contributed by atoms with Crippen LogP contribution in [0.3, 0.4) is 0 Å². The fourth-order valence-corrected chi connectivity index (χ4v) is 4.15. The van der Waals surface area contributed by atoms with E-state index >= 15 is 0 Å². The zero-order valence-electron chi connectivity index (χ0n) is 13.4. The Morgan fingerprint density at radius 2 is 1.83 bits per heavy atom. The molecule has 0 unspecified atom stereocenters. The Labute approximate surface area is 141 Å². The van der Waals surface area contributed by atoms with Crippen LogP contribution in [-0.2, 0) is 10.0 Å². The number of likely N-dealkylation sites (tertiary alicyclic amines) is 1. The van der Waals surface area contributed by atoms with Gasteiger partial charge in [-0.05, 0) is 37.1 Å². The predicted octanol–water partition coefficient (Wildman–Crippen LogP) is 2.14. The summed E-state index contributed by atoms with van der Waals surface area (Å²) in [5.74, 6) is -0.230. The van der Waals surface area contributed by atoms with Crippen LogP contribution < -0.4 is 4.31 Å². The van der Waals surface area contributed by atoms with Crippen molar-refractivity contribution < 1.29 is 13.2 Å². The lowest BCUT2D eigenvalue weighted by atomic mass is 10.2. The molecule has 1 aliphatic heterocycles. The zero-order valence-corrected chi connectivity index (χ0v) is 14.2. The normalized spacial score (nSPS) is 14.6. The molecule has 1 saturated heterocycles. The Balaban J connectivity index is 2.01. The van der Waals surface area contributed by atoms with Crippen LogP contribution >= 0.6 is 0 Å². The van der Waals surface area contributed by atoms with Crippen molar-refractivity contribution in [3.63, 3.8) is 0 Å². The van der Waals surface area contributed by atoms with E-state index in [0.29, 0.717) is 18.8 Å². The molecular formula is C17H19N3O3S. The Kier molecular flexibility index (Phi) is 4.53. The second-order valence-electron chi connectivity index (χ2n) is 5.68. The second kappa shape index (κ2) is 6.60. The number of rotatable bonds is 4. The summed E-state index contributed by atoms with van der Waals surface area (Å²) in [6.07, 6.45) is 4.96. The highest BCUT2D eigenvalue weighted by atomic mass is 32.2. The van der Waals surface area contributed by atoms with E-state index in [2.05, 4.69) is 4.98 Å². The quantitative estimate of drug-likeness (QED) is 0.851. The standard InChI is InChI=1S/C17H19N3O3S/c1-19(14-7-6-10-18-13-14)24(22,23)16-9-3-2-8-15(16)17(21)20-11-4-5-12-20/h2-3,6-10,13H,4-5,11-12H2,1H3. The summed E-state index contributed by atoms with van der Waals surface area (Å²) in [5.41, 5.74) is 0.663. The summed E-state index contributed by atoms with van der Waals surface area (Å²) in [6.45, 7) is 1.34. The van der Waals surface area contributed by atoms with Crippen LogP contribution in [-0.4, -0.2) is 44.3 Å². The van der Waals surface area contributed by atoms with Gasteiger partial charge in [0.05, 0.1) is 17.4 Å². The van der Waals surface area contributed by atoms with Crippen LogP contribution in [0.5, 0.6) is 0 Å². The monoisotopic (exact) mass is 345 g/mol. The molecule has 1 amide bonds. The van der Waals surface area contributed by atoms with Gasteiger partial charge < -0.3 is 4.90 Å². The average Bonchev–Trinajstić information content (AvgIpc) is 3.16. The van der Waals surface area contributed by atoms with Crippen molar-refractivity contribution in [2.75, 3.05) is 24.4 Å². The molecule has 7 heteroatoms. The number of sulfonamides is 1. The minimum Gasteiger partial charge on any atom is -0.339 e. The molecule has 1 aromatic carbocycles. The van der Waals surface area contributed by atoms with E-state index in [1.54, 1.807) is 41.4 Å². The first-order valence-corrected chi connectivity index (χ1v) is 9.23. The highest BCUT2D eigenvalue weighted by Crippen LogP contribution is 2.25. The van der Waals surface area contributed by atoms with Crippen molar-refractivity contribution in [2.24, 2.45) is 0 Å². The van der Waals surface area contributed by atoms with Crippen molar-refractivity contribution in [1.82, 2.24) is 9.88 Å². The molecule has 24 heavy (non-hydrogen) atoms. The summed E-state index contributed by atoms with van der Waals surface area (Å²) >= 11 is 0. The highest BCUT2D eigenvalue weighted by Gasteiger charge is 2.29. The minimum absolute atomic E-state index is 0.0215. The fraction of sp³-hybridized carbons (Fsp3) is 0.294. The third-order valence-corrected chi connectivity index (χ3v) is 6.00. The SMILES string of the molecule is CN(c1cccnc1)S(=O)(=O)c1ccccc1C(=O)N1CCCC1. The molecule has 0 aliphatic carbocycles. The summed E-state index contributed by atoms with van der Waals surface area (Å²) in [6, 6.07) is 9.70. The topological polar surface area (TPSA) is 70.6 Å². The molecule has 0 atom stereocenters. The molecule has 1 aromatic heterocycles. The highest BCUT2D eigenvalue weighted by molar-refractivity contribution is 7.92. The molecule has 0 radical (unpaired) electrons. The number of hydrogen-bond donors (Lipinski definition) is 0. The van der Waals surface area contributed by atoms with E-state index in [0.717, 1.165) is 17.1 Å². The molecule has 3 rings (SSSR count). The van der Waals surface area contributed by atoms with E-state index in [1.807, 2.05) is 0 Å². The number of hydrogen-bond acceptors (Lipinski definition) is 4. The maximum absolute atomic E-state index is 13.0. The van der Waals surface area contributed by atoms with Crippen LogP contribution in [0.4, 0.5) is 5.69 Å². The van der Waals surface area contributed by atoms with Crippen molar-refractivity contribution in [2.45, 2.75) is 17.7 Å². The lowest BCUT2D eigenvalue weighted by Crippen LogP contribution is -2.32. The Morgan fingerprint density at radius 1 is 1.12 bits per heavy atom. The molecule has 0 bridgehead atoms. The molecule has 2 heterocycles. The van der Waals surface area contributed by atoms with Gasteiger partial charge >= 0.3 is 0 Å². The number of carbonyl (C=O) groups excluding carboxylic acids is 1. The molecule has 0 saturated carbocycles. The van der Waals surface area contributed by atoms with E-state index in [4.69, 9.17) is 0 Å². The molecule has 126 valence electrons. The first kappa shape index (κ1) is 16.4. The molecule has 1 aliphatic rings. The maximum atomic E-state index is 13.0. The van der Waals surface area contributed by atoms with Crippen LogP contribution in [0.15, 0.2) is 53.7 Å². The van der Waals surface area contributed by atoms with E-state index in [9.17, 15) is 13.2 Å². The van der Waals surface area contributed by atoms with Gasteiger partial charge in [0.15, 0.2) is 0 Å². The van der Waals surface area contributed by atoms with Crippen molar-refractivity contribution >= 4 is 21.6 Å². The lowest BCUT2D eigenvalue weighted by Gasteiger charge is -2.22. The predicted molar refractivity (Wildman–Crippen MR) is 91.4 cm³/mol. The summed E-state index contributed by atoms with van der Waals surface area (Å²) < 4.78 is 27.1. The molecular weight excluding hydrogens is 326 g/mol. The van der Waals surface area contributed by atoms with Gasteiger partial charge in [0.25, 0.3) is 15.9 Å². The molecule has 0 spiro atoms. The Hall–Kier alpha value is -2.41. The number of benzene rings is 1. The van der Waals surface area contributed by atoms with Gasteiger partial charge in [0.1, 0.15) is 4.90 Å². The lowest BCUT2D eigenvalue weighted by molar-refractivity contribution is 0.0789. The van der Waals surface area contributed by atoms with E-state index in [-0.39, 0.29) is 16.4 Å². The molecule has 2 aromatic rings. The van der Waals surface area contributed by atoms with Crippen molar-refractivity contribution in [3.05, 3.63) is 54.4 Å². The van der Waals surface area contributed by atoms with Crippen LogP contribution in [0.2, 0.25) is 0 Å². The first-order chi connectivity index (χ1) is 11.5. The number of carbonyl (C=O) groups is 1. The van der Waals surface area contributed by atoms with Gasteiger partial charge in [-0.3, -0.25) is 14.1 Å². The summed E-state index contributed by atoms with van der Waals surface area (Å²) in [7, 11) is -2.39. The molecule has 1 fully saturated rings. The first-order valence-electron chi connectivity index (χ1n) is 7.79. The Morgan fingerprint density at radius 3 is 2.50 bits per heavy atom. The fourth-order valence-electron chi connectivity index (χ4n) is 2.79. The van der Waals surface area contributed by atoms with Gasteiger partial charge in [-0.25, -0.2) is 8.42 Å². The Bertz CT molecular complexity index is 831. The van der Waals surface area contributed by atoms with Crippen LogP contribution in [0.25, 0.3) is 0 Å². The number of pyridine rings is 1. The molecule has 6 nitrogen and oxygen atoms in total. The van der Waals surface area contributed by atoms with Gasteiger partial charge in [-0.15, -0.1) is 0 Å². The smallest absolute Gasteiger partial charge is 0.264 e. The van der Waals surface area contributed by atoms with E-state index in [1.165, 1.54) is 19.3 Å².